The van der Waals surface area contributed by atoms with Crippen molar-refractivity contribution in [3.05, 3.63) is 59.5 Å². The first-order chi connectivity index (χ1) is 13.6. The van der Waals surface area contributed by atoms with Crippen molar-refractivity contribution in [2.75, 3.05) is 41.7 Å². The zero-order chi connectivity index (χ0) is 19.7. The molecular formula is C21H21FN4O2. The summed E-state index contributed by atoms with van der Waals surface area (Å²) >= 11 is 0. The van der Waals surface area contributed by atoms with E-state index in [1.165, 1.54) is 6.07 Å². The Kier molecular flexibility index (Phi) is 4.73. The van der Waals surface area contributed by atoms with Gasteiger partial charge in [-0.15, -0.1) is 0 Å². The van der Waals surface area contributed by atoms with Crippen molar-refractivity contribution in [3.8, 4) is 0 Å². The monoisotopic (exact) mass is 380 g/mol. The third kappa shape index (κ3) is 3.31. The SMILES string of the molecule is Cc1cc(N/C=C2\C(=O)Nc3cccc(F)c32)ccc1N1CCN(C=O)CC1. The number of hydrogen-bond acceptors (Lipinski definition) is 4. The van der Waals surface area contributed by atoms with Gasteiger partial charge in [-0.1, -0.05) is 6.07 Å². The maximum atomic E-state index is 14.1. The van der Waals surface area contributed by atoms with Gasteiger partial charge < -0.3 is 20.4 Å². The Balaban J connectivity index is 1.51. The lowest BCUT2D eigenvalue weighted by atomic mass is 10.1. The van der Waals surface area contributed by atoms with Crippen LogP contribution in [0.3, 0.4) is 0 Å². The van der Waals surface area contributed by atoms with Crippen molar-refractivity contribution in [1.29, 1.82) is 0 Å². The number of hydrogen-bond donors (Lipinski definition) is 2. The van der Waals surface area contributed by atoms with E-state index in [9.17, 15) is 14.0 Å². The fraction of sp³-hybridized carbons (Fsp3) is 0.238. The minimum atomic E-state index is -0.426. The zero-order valence-corrected chi connectivity index (χ0v) is 15.5. The summed E-state index contributed by atoms with van der Waals surface area (Å²) in [7, 11) is 0. The zero-order valence-electron chi connectivity index (χ0n) is 15.5. The van der Waals surface area contributed by atoms with Crippen LogP contribution in [0.25, 0.3) is 5.57 Å². The molecule has 0 radical (unpaired) electrons. The standard InChI is InChI=1S/C21H21FN4O2/c1-14-11-15(5-6-19(14)26-9-7-25(13-27)8-10-26)23-12-16-20-17(22)3-2-4-18(20)24-21(16)28/h2-6,11-13,23H,7-10H2,1H3,(H,24,28)/b16-12-. The van der Waals surface area contributed by atoms with Gasteiger partial charge in [0, 0.05) is 49.3 Å². The highest BCUT2D eigenvalue weighted by molar-refractivity contribution is 6.31. The van der Waals surface area contributed by atoms with E-state index in [1.54, 1.807) is 23.2 Å². The van der Waals surface area contributed by atoms with E-state index >= 15 is 0 Å². The van der Waals surface area contributed by atoms with E-state index in [0.29, 0.717) is 11.3 Å². The number of amides is 2. The molecule has 2 N–H and O–H groups in total. The first-order valence-corrected chi connectivity index (χ1v) is 9.18. The summed E-state index contributed by atoms with van der Waals surface area (Å²) in [6.45, 7) is 5.06. The summed E-state index contributed by atoms with van der Waals surface area (Å²) in [5, 5.41) is 5.78. The van der Waals surface area contributed by atoms with Crippen molar-refractivity contribution in [1.82, 2.24) is 4.90 Å². The van der Waals surface area contributed by atoms with Crippen LogP contribution in [0.2, 0.25) is 0 Å². The number of anilines is 3. The molecule has 6 nitrogen and oxygen atoms in total. The molecule has 2 aromatic carbocycles. The first kappa shape index (κ1) is 18.0. The smallest absolute Gasteiger partial charge is 0.257 e. The van der Waals surface area contributed by atoms with Gasteiger partial charge in [-0.05, 0) is 42.8 Å². The molecule has 0 atom stereocenters. The molecule has 2 aliphatic heterocycles. The minimum Gasteiger partial charge on any atom is -0.368 e. The van der Waals surface area contributed by atoms with Crippen LogP contribution >= 0.6 is 0 Å². The van der Waals surface area contributed by atoms with Crippen LogP contribution in [-0.4, -0.2) is 43.4 Å². The van der Waals surface area contributed by atoms with E-state index in [-0.39, 0.29) is 11.5 Å². The fourth-order valence-electron chi connectivity index (χ4n) is 3.67. The Morgan fingerprint density at radius 1 is 1.14 bits per heavy atom. The van der Waals surface area contributed by atoms with Crippen LogP contribution < -0.4 is 15.5 Å². The summed E-state index contributed by atoms with van der Waals surface area (Å²) in [5.74, 6) is -0.751. The molecule has 1 fully saturated rings. The fourth-order valence-corrected chi connectivity index (χ4v) is 3.67. The molecule has 2 heterocycles. The molecule has 144 valence electrons. The Hall–Kier alpha value is -3.35. The summed E-state index contributed by atoms with van der Waals surface area (Å²) in [6, 6.07) is 10.5. The second kappa shape index (κ2) is 7.34. The predicted octanol–water partition coefficient (Wildman–Crippen LogP) is 2.82. The van der Waals surface area contributed by atoms with E-state index in [1.807, 2.05) is 25.1 Å². The van der Waals surface area contributed by atoms with Crippen molar-refractivity contribution >= 4 is 35.0 Å². The van der Waals surface area contributed by atoms with E-state index in [0.717, 1.165) is 49.5 Å². The second-order valence-corrected chi connectivity index (χ2v) is 6.95. The molecule has 0 bridgehead atoms. The number of aryl methyl sites for hydroxylation is 1. The second-order valence-electron chi connectivity index (χ2n) is 6.95. The highest BCUT2D eigenvalue weighted by Crippen LogP contribution is 2.34. The van der Waals surface area contributed by atoms with Gasteiger partial charge in [0.15, 0.2) is 0 Å². The normalized spacial score (nSPS) is 17.5. The van der Waals surface area contributed by atoms with Gasteiger partial charge in [0.2, 0.25) is 6.41 Å². The lowest BCUT2D eigenvalue weighted by Crippen LogP contribution is -2.45. The average Bonchev–Trinajstić information content (AvgIpc) is 3.03. The molecule has 1 saturated heterocycles. The number of halogens is 1. The van der Waals surface area contributed by atoms with Crippen LogP contribution in [-0.2, 0) is 9.59 Å². The number of carbonyl (C=O) groups is 2. The van der Waals surface area contributed by atoms with Gasteiger partial charge in [-0.3, -0.25) is 9.59 Å². The molecule has 0 spiro atoms. The molecule has 0 unspecified atom stereocenters. The molecule has 0 aliphatic carbocycles. The molecular weight excluding hydrogens is 359 g/mol. The van der Waals surface area contributed by atoms with Gasteiger partial charge in [0.1, 0.15) is 5.82 Å². The third-order valence-electron chi connectivity index (χ3n) is 5.16. The summed E-state index contributed by atoms with van der Waals surface area (Å²) in [4.78, 5) is 27.1. The quantitative estimate of drug-likeness (QED) is 0.632. The molecule has 2 aliphatic rings. The lowest BCUT2D eigenvalue weighted by molar-refractivity contribution is -0.118. The highest BCUT2D eigenvalue weighted by Gasteiger charge is 2.27. The molecule has 7 heteroatoms. The van der Waals surface area contributed by atoms with Crippen molar-refractivity contribution in [3.63, 3.8) is 0 Å². The molecule has 4 rings (SSSR count). The largest absolute Gasteiger partial charge is 0.368 e. The van der Waals surface area contributed by atoms with Gasteiger partial charge in [-0.2, -0.15) is 0 Å². The van der Waals surface area contributed by atoms with Gasteiger partial charge in [0.25, 0.3) is 5.91 Å². The van der Waals surface area contributed by atoms with Gasteiger partial charge in [-0.25, -0.2) is 4.39 Å². The van der Waals surface area contributed by atoms with E-state index in [2.05, 4.69) is 15.5 Å². The van der Waals surface area contributed by atoms with E-state index in [4.69, 9.17) is 0 Å². The Morgan fingerprint density at radius 3 is 2.64 bits per heavy atom. The van der Waals surface area contributed by atoms with Crippen LogP contribution in [0.5, 0.6) is 0 Å². The summed E-state index contributed by atoms with van der Waals surface area (Å²) in [5.41, 5.74) is 4.09. The van der Waals surface area contributed by atoms with Gasteiger partial charge in [0.05, 0.1) is 11.3 Å². The Bertz CT molecular complexity index is 965. The summed E-state index contributed by atoms with van der Waals surface area (Å²) < 4.78 is 14.1. The Morgan fingerprint density at radius 2 is 1.93 bits per heavy atom. The maximum absolute atomic E-state index is 14.1. The number of nitrogens with zero attached hydrogens (tertiary/aromatic N) is 2. The predicted molar refractivity (Wildman–Crippen MR) is 108 cm³/mol. The lowest BCUT2D eigenvalue weighted by Gasteiger charge is -2.35. The third-order valence-corrected chi connectivity index (χ3v) is 5.16. The molecule has 0 saturated carbocycles. The van der Waals surface area contributed by atoms with Crippen molar-refractivity contribution < 1.29 is 14.0 Å². The van der Waals surface area contributed by atoms with Crippen LogP contribution in [0.15, 0.2) is 42.6 Å². The Labute approximate surface area is 162 Å². The molecule has 2 amide bonds. The number of carbonyl (C=O) groups excluding carboxylic acids is 2. The van der Waals surface area contributed by atoms with E-state index < -0.39 is 5.82 Å². The number of benzene rings is 2. The number of nitrogens with one attached hydrogen (secondary N) is 2. The van der Waals surface area contributed by atoms with Gasteiger partial charge >= 0.3 is 0 Å². The highest BCUT2D eigenvalue weighted by atomic mass is 19.1. The van der Waals surface area contributed by atoms with Crippen LogP contribution in [0.1, 0.15) is 11.1 Å². The van der Waals surface area contributed by atoms with Crippen molar-refractivity contribution in [2.24, 2.45) is 0 Å². The topological polar surface area (TPSA) is 64.7 Å². The van der Waals surface area contributed by atoms with Crippen LogP contribution in [0.4, 0.5) is 21.5 Å². The average molecular weight is 380 g/mol. The number of piperazine rings is 1. The molecule has 28 heavy (non-hydrogen) atoms. The number of fused-ring (bicyclic) bond motifs is 1. The van der Waals surface area contributed by atoms with Crippen LogP contribution in [0, 0.1) is 12.7 Å². The minimum absolute atomic E-state index is 0.278. The van der Waals surface area contributed by atoms with Crippen molar-refractivity contribution in [2.45, 2.75) is 6.92 Å². The molecule has 0 aromatic heterocycles. The number of rotatable bonds is 4. The first-order valence-electron chi connectivity index (χ1n) is 9.18. The molecule has 2 aromatic rings. The summed E-state index contributed by atoms with van der Waals surface area (Å²) in [6.07, 6.45) is 2.44. The maximum Gasteiger partial charge on any atom is 0.257 e.